The third-order valence-corrected chi connectivity index (χ3v) is 0.383. The Balaban J connectivity index is 2.82. The minimum atomic E-state index is -0.582. The molecule has 0 spiro atoms. The van der Waals surface area contributed by atoms with E-state index < -0.39 is 5.24 Å². The van der Waals surface area contributed by atoms with Gasteiger partial charge in [0.15, 0.2) is 0 Å². The maximum Gasteiger partial charge on any atom is 0.122 e. The first kappa shape index (κ1) is 6.65. The van der Waals surface area contributed by atoms with Crippen molar-refractivity contribution in [3.8, 4) is 0 Å². The summed E-state index contributed by atoms with van der Waals surface area (Å²) >= 11 is 4.07. The van der Waals surface area contributed by atoms with Crippen LogP contribution in [-0.2, 0) is 17.5 Å². The maximum absolute atomic E-state index is 9.78. The van der Waals surface area contributed by atoms with E-state index in [9.17, 15) is 4.79 Å². The molecular weight excluding hydrogens is 114 g/mol. The van der Waals surface area contributed by atoms with Gasteiger partial charge >= 0.3 is 0 Å². The van der Waals surface area contributed by atoms with Gasteiger partial charge in [-0.3, -0.25) is 15.1 Å². The molecule has 0 aliphatic rings. The maximum atomic E-state index is 9.78. The third-order valence-electron chi connectivity index (χ3n) is 0.300. The average molecular weight is 120 g/mol. The van der Waals surface area contributed by atoms with Crippen LogP contribution in [0, 0.1) is 0 Å². The zero-order chi connectivity index (χ0) is 5.70. The summed E-state index contributed by atoms with van der Waals surface area (Å²) in [6, 6.07) is 0. The molecule has 0 unspecified atom stereocenters. The van der Waals surface area contributed by atoms with Crippen LogP contribution in [0.2, 0.25) is 0 Å². The van der Waals surface area contributed by atoms with E-state index in [1.807, 2.05) is 5.48 Å². The molecule has 0 aliphatic heterocycles. The van der Waals surface area contributed by atoms with Gasteiger partial charge in [0.2, 0.25) is 0 Å². The highest BCUT2D eigenvalue weighted by Gasteiger charge is 1.73. The van der Waals surface area contributed by atoms with Crippen molar-refractivity contribution in [2.75, 3.05) is 6.61 Å². The summed E-state index contributed by atoms with van der Waals surface area (Å²) in [7, 11) is 0. The summed E-state index contributed by atoms with van der Waals surface area (Å²) in [5.41, 5.74) is 1.97. The average Bonchev–Trinajstić information content (AvgIpc) is 1.61. The lowest BCUT2D eigenvalue weighted by Gasteiger charge is -2.03. The van der Waals surface area contributed by atoms with Crippen LogP contribution in [0.1, 0.15) is 6.92 Å². The second-order valence-electron chi connectivity index (χ2n) is 0.823. The van der Waals surface area contributed by atoms with E-state index in [0.717, 1.165) is 0 Å². The van der Waals surface area contributed by atoms with Crippen molar-refractivity contribution in [3.05, 3.63) is 0 Å². The molecule has 3 nitrogen and oxygen atoms in total. The predicted molar refractivity (Wildman–Crippen MR) is 27.5 cm³/mol. The van der Waals surface area contributed by atoms with Gasteiger partial charge < -0.3 is 12.6 Å². The van der Waals surface area contributed by atoms with Gasteiger partial charge in [-0.25, -0.2) is 0 Å². The summed E-state index contributed by atoms with van der Waals surface area (Å²) in [6.45, 7) is 2.20. The van der Waals surface area contributed by atoms with Crippen molar-refractivity contribution < 1.29 is 9.63 Å². The predicted octanol–water partition coefficient (Wildman–Crippen LogP) is 0.194. The van der Waals surface area contributed by atoms with E-state index in [2.05, 4.69) is 17.5 Å². The molecule has 1 N–H and O–H groups in total. The lowest BCUT2D eigenvalue weighted by Crippen LogP contribution is -2.18. The van der Waals surface area contributed by atoms with Gasteiger partial charge in [-0.05, 0) is 6.92 Å². The summed E-state index contributed by atoms with van der Waals surface area (Å²) in [5, 5.41) is -0.582. The Kier molecular flexibility index (Phi) is 3.64. The summed E-state index contributed by atoms with van der Waals surface area (Å²) in [4.78, 5) is 14.2. The van der Waals surface area contributed by atoms with E-state index in [1.165, 1.54) is 0 Å². The Bertz CT molecular complexity index is 66.0. The molecule has 4 heteroatoms. The van der Waals surface area contributed by atoms with E-state index in [4.69, 9.17) is 0 Å². The molecule has 0 fully saturated rings. The van der Waals surface area contributed by atoms with Crippen LogP contribution in [0.4, 0.5) is 4.79 Å². The molecule has 0 aromatic carbocycles. The number of nitrogens with one attached hydrogen (secondary N) is 1. The normalized spacial score (nSPS) is 8.14. The molecule has 0 aliphatic carbocycles. The van der Waals surface area contributed by atoms with Crippen molar-refractivity contribution in [1.82, 2.24) is 5.48 Å². The molecule has 0 aromatic rings. The van der Waals surface area contributed by atoms with Gasteiger partial charge in [-0.2, -0.15) is 0 Å². The summed E-state index contributed by atoms with van der Waals surface area (Å²) in [5.74, 6) is 0. The van der Waals surface area contributed by atoms with Crippen molar-refractivity contribution in [2.45, 2.75) is 6.92 Å². The molecule has 42 valence electrons. The van der Waals surface area contributed by atoms with Crippen LogP contribution in [-0.4, -0.2) is 11.8 Å². The third kappa shape index (κ3) is 5.65. The molecule has 0 rings (SSSR count). The van der Waals surface area contributed by atoms with E-state index in [0.29, 0.717) is 6.61 Å². The standard InChI is InChI=1S/C3H7NO2S/c1-2-6-4-3(5)7/h2H2,1H3,(H2,4,5,7)/p-1. The quantitative estimate of drug-likeness (QED) is 0.417. The fraction of sp³-hybridized carbons (Fsp3) is 0.667. The van der Waals surface area contributed by atoms with Crippen LogP contribution in [0.25, 0.3) is 0 Å². The van der Waals surface area contributed by atoms with E-state index >= 15 is 0 Å². The van der Waals surface area contributed by atoms with Gasteiger partial charge in [0.1, 0.15) is 5.24 Å². The van der Waals surface area contributed by atoms with Gasteiger partial charge in [0.05, 0.1) is 6.61 Å². The zero-order valence-corrected chi connectivity index (χ0v) is 4.75. The molecule has 0 saturated heterocycles. The first-order valence-corrected chi connectivity index (χ1v) is 2.27. The van der Waals surface area contributed by atoms with Gasteiger partial charge in [0, 0.05) is 0 Å². The zero-order valence-electron chi connectivity index (χ0n) is 3.93. The highest BCUT2D eigenvalue weighted by molar-refractivity contribution is 7.76. The lowest BCUT2D eigenvalue weighted by molar-refractivity contribution is 0.0805. The number of hydrogen-bond donors (Lipinski definition) is 1. The van der Waals surface area contributed by atoms with Crippen molar-refractivity contribution in [2.24, 2.45) is 0 Å². The minimum absolute atomic E-state index is 0.447. The fourth-order valence-corrected chi connectivity index (χ4v) is 0.190. The Hall–Kier alpha value is -0.350. The lowest BCUT2D eigenvalue weighted by atomic mass is 10.9. The second-order valence-corrected chi connectivity index (χ2v) is 1.19. The van der Waals surface area contributed by atoms with E-state index in [-0.39, 0.29) is 0 Å². The van der Waals surface area contributed by atoms with Gasteiger partial charge in [-0.1, -0.05) is 0 Å². The van der Waals surface area contributed by atoms with Crippen molar-refractivity contribution >= 4 is 17.9 Å². The molecule has 0 saturated carbocycles. The van der Waals surface area contributed by atoms with Crippen molar-refractivity contribution in [1.29, 1.82) is 0 Å². The number of hydroxylamine groups is 1. The molecule has 7 heavy (non-hydrogen) atoms. The summed E-state index contributed by atoms with van der Waals surface area (Å²) < 4.78 is 0. The van der Waals surface area contributed by atoms with Crippen LogP contribution in [0.3, 0.4) is 0 Å². The minimum Gasteiger partial charge on any atom is -0.717 e. The molecule has 1 amide bonds. The first-order valence-electron chi connectivity index (χ1n) is 1.86. The Morgan fingerprint density at radius 2 is 2.57 bits per heavy atom. The molecule has 0 radical (unpaired) electrons. The number of carbonyl (C=O) groups excluding carboxylic acids is 1. The first-order chi connectivity index (χ1) is 3.27. The number of rotatable bonds is 2. The molecule has 0 atom stereocenters. The number of carbonyl (C=O) groups is 1. The smallest absolute Gasteiger partial charge is 0.122 e. The second kappa shape index (κ2) is 3.83. The van der Waals surface area contributed by atoms with Crippen LogP contribution < -0.4 is 5.48 Å². The largest absolute Gasteiger partial charge is 0.717 e. The number of hydrogen-bond acceptors (Lipinski definition) is 3. The van der Waals surface area contributed by atoms with Crippen LogP contribution >= 0.6 is 0 Å². The van der Waals surface area contributed by atoms with Gasteiger partial charge in [-0.15, -0.1) is 0 Å². The fourth-order valence-electron chi connectivity index (χ4n) is 0.131. The van der Waals surface area contributed by atoms with Crippen LogP contribution in [0.5, 0.6) is 0 Å². The SMILES string of the molecule is CCONC(=O)[S-]. The monoisotopic (exact) mass is 120 g/mol. The molecule has 0 heterocycles. The molecule has 0 bridgehead atoms. The molecule has 0 aromatic heterocycles. The van der Waals surface area contributed by atoms with Crippen LogP contribution in [0.15, 0.2) is 0 Å². The van der Waals surface area contributed by atoms with Crippen molar-refractivity contribution in [3.63, 3.8) is 0 Å². The van der Waals surface area contributed by atoms with E-state index in [1.54, 1.807) is 6.92 Å². The Morgan fingerprint density at radius 1 is 2.00 bits per heavy atom. The highest BCUT2D eigenvalue weighted by Crippen LogP contribution is 1.64. The Morgan fingerprint density at radius 3 is 2.71 bits per heavy atom. The summed E-state index contributed by atoms with van der Waals surface area (Å²) in [6.07, 6.45) is 0. The highest BCUT2D eigenvalue weighted by atomic mass is 32.1. The topological polar surface area (TPSA) is 38.3 Å². The van der Waals surface area contributed by atoms with Gasteiger partial charge in [0.25, 0.3) is 0 Å². The number of amides is 1. The Labute approximate surface area is 47.4 Å². The molecular formula is C3H6NO2S-.